The molecule has 0 saturated heterocycles. The van der Waals surface area contributed by atoms with Crippen LogP contribution in [0, 0.1) is 0 Å². The molecule has 23 heavy (non-hydrogen) atoms. The summed E-state index contributed by atoms with van der Waals surface area (Å²) in [6.07, 6.45) is -1.23. The van der Waals surface area contributed by atoms with Crippen LogP contribution < -0.4 is 9.47 Å². The van der Waals surface area contributed by atoms with E-state index in [1.54, 1.807) is 14.2 Å². The van der Waals surface area contributed by atoms with Crippen molar-refractivity contribution in [3.63, 3.8) is 0 Å². The molecule has 1 aliphatic carbocycles. The molecular weight excluding hydrogens is 298 g/mol. The van der Waals surface area contributed by atoms with Crippen LogP contribution in [0.3, 0.4) is 0 Å². The fourth-order valence-corrected chi connectivity index (χ4v) is 4.30. The van der Waals surface area contributed by atoms with E-state index in [0.717, 1.165) is 16.7 Å². The zero-order valence-corrected chi connectivity index (χ0v) is 13.1. The van der Waals surface area contributed by atoms with E-state index >= 15 is 0 Å². The van der Waals surface area contributed by atoms with E-state index in [1.807, 2.05) is 18.2 Å². The summed E-state index contributed by atoms with van der Waals surface area (Å²) in [6.45, 7) is 1.42. The molecule has 1 saturated carbocycles. The molecule has 5 atom stereocenters. The predicted octanol–water partition coefficient (Wildman–Crippen LogP) is 0.00790. The Morgan fingerprint density at radius 3 is 2.43 bits per heavy atom. The first-order chi connectivity index (χ1) is 11.1. The number of aliphatic hydroxyl groups is 3. The molecule has 2 heterocycles. The number of benzene rings is 1. The van der Waals surface area contributed by atoms with Crippen molar-refractivity contribution in [1.82, 2.24) is 4.90 Å². The SMILES string of the molecule is COc1cc2c(cc1OC)[C@H]1[C@H](O)[C@@H](O)[C@H](O)C3=CCN(C2)[C@H]31. The van der Waals surface area contributed by atoms with E-state index in [0.29, 0.717) is 24.6 Å². The van der Waals surface area contributed by atoms with Gasteiger partial charge in [-0.3, -0.25) is 4.90 Å². The maximum Gasteiger partial charge on any atom is 0.161 e. The number of aliphatic hydroxyl groups excluding tert-OH is 3. The van der Waals surface area contributed by atoms with Gasteiger partial charge in [-0.1, -0.05) is 6.08 Å². The van der Waals surface area contributed by atoms with Crippen molar-refractivity contribution in [3.8, 4) is 11.5 Å². The maximum atomic E-state index is 10.6. The van der Waals surface area contributed by atoms with Gasteiger partial charge in [0.1, 0.15) is 12.2 Å². The van der Waals surface area contributed by atoms with Gasteiger partial charge >= 0.3 is 0 Å². The highest BCUT2D eigenvalue weighted by molar-refractivity contribution is 5.53. The standard InChI is InChI=1S/C17H21NO5/c1-22-11-5-8-7-18-4-3-9-14(18)13(10(8)6-12(11)23-2)16(20)17(21)15(9)19/h3,5-6,13-17,19-21H,4,7H2,1-2H3/t13-,14-,15-,16+,17+/m1/s1. The highest BCUT2D eigenvalue weighted by Gasteiger charge is 2.52. The summed E-state index contributed by atoms with van der Waals surface area (Å²) in [5, 5.41) is 31.1. The molecule has 0 spiro atoms. The van der Waals surface area contributed by atoms with Crippen molar-refractivity contribution in [2.24, 2.45) is 0 Å². The van der Waals surface area contributed by atoms with Crippen LogP contribution in [0.15, 0.2) is 23.8 Å². The Morgan fingerprint density at radius 2 is 1.74 bits per heavy atom. The molecular formula is C17H21NO5. The third kappa shape index (κ3) is 1.96. The summed E-state index contributed by atoms with van der Waals surface area (Å²) < 4.78 is 10.8. The van der Waals surface area contributed by atoms with E-state index in [4.69, 9.17) is 9.47 Å². The van der Waals surface area contributed by atoms with Crippen LogP contribution in [0.4, 0.5) is 0 Å². The van der Waals surface area contributed by atoms with Crippen LogP contribution in [-0.2, 0) is 6.54 Å². The molecule has 1 aromatic carbocycles. The van der Waals surface area contributed by atoms with Gasteiger partial charge < -0.3 is 24.8 Å². The summed E-state index contributed by atoms with van der Waals surface area (Å²) in [4.78, 5) is 2.21. The Labute approximate surface area is 134 Å². The normalized spacial score (nSPS) is 35.3. The van der Waals surface area contributed by atoms with Crippen LogP contribution in [0.1, 0.15) is 17.0 Å². The van der Waals surface area contributed by atoms with Crippen LogP contribution in [0.5, 0.6) is 11.5 Å². The first-order valence-electron chi connectivity index (χ1n) is 7.79. The van der Waals surface area contributed by atoms with Crippen molar-refractivity contribution in [3.05, 3.63) is 34.9 Å². The lowest BCUT2D eigenvalue weighted by atomic mass is 9.70. The fourth-order valence-electron chi connectivity index (χ4n) is 4.30. The lowest BCUT2D eigenvalue weighted by Gasteiger charge is -2.48. The van der Waals surface area contributed by atoms with E-state index in [9.17, 15) is 15.3 Å². The minimum absolute atomic E-state index is 0.0750. The van der Waals surface area contributed by atoms with Crippen LogP contribution in [-0.4, -0.2) is 65.3 Å². The third-order valence-corrected chi connectivity index (χ3v) is 5.40. The molecule has 0 unspecified atom stereocenters. The summed E-state index contributed by atoms with van der Waals surface area (Å²) >= 11 is 0. The van der Waals surface area contributed by atoms with Crippen molar-refractivity contribution >= 4 is 0 Å². The fraction of sp³-hybridized carbons (Fsp3) is 0.529. The summed E-state index contributed by atoms with van der Waals surface area (Å²) in [5.74, 6) is 0.977. The largest absolute Gasteiger partial charge is 0.493 e. The number of hydrogen-bond acceptors (Lipinski definition) is 6. The second kappa shape index (κ2) is 5.21. The van der Waals surface area contributed by atoms with Crippen LogP contribution in [0.2, 0.25) is 0 Å². The Kier molecular flexibility index (Phi) is 3.39. The average molecular weight is 319 g/mol. The molecule has 0 radical (unpaired) electrons. The van der Waals surface area contributed by atoms with Crippen molar-refractivity contribution in [1.29, 1.82) is 0 Å². The number of rotatable bonds is 2. The van der Waals surface area contributed by atoms with E-state index < -0.39 is 18.3 Å². The molecule has 124 valence electrons. The maximum absolute atomic E-state index is 10.6. The smallest absolute Gasteiger partial charge is 0.161 e. The molecule has 0 aromatic heterocycles. The van der Waals surface area contributed by atoms with Crippen molar-refractivity contribution < 1.29 is 24.8 Å². The van der Waals surface area contributed by atoms with Crippen molar-refractivity contribution in [2.45, 2.75) is 36.8 Å². The molecule has 3 N–H and O–H groups in total. The Hall–Kier alpha value is -1.60. The average Bonchev–Trinajstić information content (AvgIpc) is 2.99. The lowest BCUT2D eigenvalue weighted by molar-refractivity contribution is -0.0903. The molecule has 6 heteroatoms. The third-order valence-electron chi connectivity index (χ3n) is 5.40. The number of nitrogens with zero attached hydrogens (tertiary/aromatic N) is 1. The molecule has 1 aromatic rings. The summed E-state index contributed by atoms with van der Waals surface area (Å²) in [5.41, 5.74) is 2.82. The molecule has 0 bridgehead atoms. The van der Waals surface area contributed by atoms with Gasteiger partial charge in [-0.25, -0.2) is 0 Å². The molecule has 2 aliphatic heterocycles. The minimum Gasteiger partial charge on any atom is -0.493 e. The van der Waals surface area contributed by atoms with Gasteiger partial charge in [-0.15, -0.1) is 0 Å². The highest BCUT2D eigenvalue weighted by atomic mass is 16.5. The first kappa shape index (κ1) is 15.0. The molecule has 4 rings (SSSR count). The van der Waals surface area contributed by atoms with E-state index in [2.05, 4.69) is 4.90 Å². The van der Waals surface area contributed by atoms with Gasteiger partial charge in [0.15, 0.2) is 11.5 Å². The monoisotopic (exact) mass is 319 g/mol. The van der Waals surface area contributed by atoms with Crippen molar-refractivity contribution in [2.75, 3.05) is 20.8 Å². The summed E-state index contributed by atoms with van der Waals surface area (Å²) in [6, 6.07) is 3.75. The van der Waals surface area contributed by atoms with Crippen LogP contribution in [0.25, 0.3) is 0 Å². The Morgan fingerprint density at radius 1 is 1.04 bits per heavy atom. The summed E-state index contributed by atoms with van der Waals surface area (Å²) in [7, 11) is 3.18. The van der Waals surface area contributed by atoms with E-state index in [-0.39, 0.29) is 12.0 Å². The Balaban J connectivity index is 1.86. The quantitative estimate of drug-likeness (QED) is 0.666. The van der Waals surface area contributed by atoms with Gasteiger partial charge in [0.2, 0.25) is 0 Å². The van der Waals surface area contributed by atoms with Gasteiger partial charge in [0.05, 0.1) is 20.3 Å². The van der Waals surface area contributed by atoms with Gasteiger partial charge in [0.25, 0.3) is 0 Å². The number of ether oxygens (including phenoxy) is 2. The molecule has 0 amide bonds. The van der Waals surface area contributed by atoms with Gasteiger partial charge in [-0.2, -0.15) is 0 Å². The topological polar surface area (TPSA) is 82.4 Å². The zero-order chi connectivity index (χ0) is 16.3. The molecule has 3 aliphatic rings. The van der Waals surface area contributed by atoms with E-state index in [1.165, 1.54) is 0 Å². The van der Waals surface area contributed by atoms with Gasteiger partial charge in [-0.05, 0) is 28.8 Å². The minimum atomic E-state index is -1.18. The molecule has 6 nitrogen and oxygen atoms in total. The number of fused-ring (bicyclic) bond motifs is 2. The lowest BCUT2D eigenvalue weighted by Crippen LogP contribution is -2.57. The highest BCUT2D eigenvalue weighted by Crippen LogP contribution is 2.49. The number of methoxy groups -OCH3 is 2. The second-order valence-electron chi connectivity index (χ2n) is 6.44. The predicted molar refractivity (Wildman–Crippen MR) is 82.6 cm³/mol. The zero-order valence-electron chi connectivity index (χ0n) is 13.1. The first-order valence-corrected chi connectivity index (χ1v) is 7.79. The molecule has 1 fully saturated rings. The second-order valence-corrected chi connectivity index (χ2v) is 6.44. The van der Waals surface area contributed by atoms with Gasteiger partial charge in [0, 0.05) is 25.0 Å². The van der Waals surface area contributed by atoms with Crippen LogP contribution >= 0.6 is 0 Å². The Bertz CT molecular complexity index is 673. The number of hydrogen-bond donors (Lipinski definition) is 3.